The minimum atomic E-state index is -0.0659. The molecule has 1 aromatic carbocycles. The highest BCUT2D eigenvalue weighted by atomic mass is 16.3. The van der Waals surface area contributed by atoms with Crippen molar-refractivity contribution >= 4 is 11.8 Å². The highest BCUT2D eigenvalue weighted by molar-refractivity contribution is 5.94. The van der Waals surface area contributed by atoms with Crippen LogP contribution in [0.2, 0.25) is 0 Å². The van der Waals surface area contributed by atoms with Crippen LogP contribution in [0.25, 0.3) is 0 Å². The molecule has 1 aliphatic rings. The lowest BCUT2D eigenvalue weighted by Crippen LogP contribution is -2.40. The average molecular weight is 340 g/mol. The summed E-state index contributed by atoms with van der Waals surface area (Å²) < 4.78 is 5.58. The molecule has 1 aliphatic heterocycles. The second-order valence-electron chi connectivity index (χ2n) is 6.77. The quantitative estimate of drug-likeness (QED) is 0.926. The molecule has 132 valence electrons. The smallest absolute Gasteiger partial charge is 0.254 e. The van der Waals surface area contributed by atoms with Gasteiger partial charge in [-0.1, -0.05) is 19.1 Å². The molecule has 0 unspecified atom stereocenters. The van der Waals surface area contributed by atoms with Crippen molar-refractivity contribution in [1.29, 1.82) is 0 Å². The average Bonchev–Trinajstić information content (AvgIpc) is 3.14. The Hall–Kier alpha value is -2.56. The van der Waals surface area contributed by atoms with Gasteiger partial charge in [-0.05, 0) is 48.6 Å². The lowest BCUT2D eigenvalue weighted by Gasteiger charge is -2.37. The van der Waals surface area contributed by atoms with Crippen molar-refractivity contribution in [3.63, 3.8) is 0 Å². The Balaban J connectivity index is 1.75. The van der Waals surface area contributed by atoms with E-state index in [9.17, 15) is 9.59 Å². The second-order valence-corrected chi connectivity index (χ2v) is 6.77. The molecule has 2 aromatic rings. The molecule has 5 heteroatoms. The van der Waals surface area contributed by atoms with E-state index in [4.69, 9.17) is 4.42 Å². The minimum absolute atomic E-state index is 0.00898. The molecule has 2 atom stereocenters. The lowest BCUT2D eigenvalue weighted by atomic mass is 9.90. The molecule has 25 heavy (non-hydrogen) atoms. The Bertz CT molecular complexity index is 722. The number of likely N-dealkylation sites (tertiary alicyclic amines) is 1. The normalized spacial score (nSPS) is 20.3. The van der Waals surface area contributed by atoms with Crippen molar-refractivity contribution in [1.82, 2.24) is 10.2 Å². The molecular weight excluding hydrogens is 316 g/mol. The third-order valence-electron chi connectivity index (χ3n) is 4.74. The summed E-state index contributed by atoms with van der Waals surface area (Å²) in [5.74, 6) is 1.38. The Morgan fingerprint density at radius 2 is 2.00 bits per heavy atom. The number of amides is 2. The maximum atomic E-state index is 13.0. The van der Waals surface area contributed by atoms with E-state index in [0.717, 1.165) is 30.7 Å². The number of carbonyl (C=O) groups excluding carboxylic acids is 2. The summed E-state index contributed by atoms with van der Waals surface area (Å²) in [5.41, 5.74) is 1.64. The van der Waals surface area contributed by atoms with E-state index in [2.05, 4.69) is 12.2 Å². The molecule has 0 radical (unpaired) electrons. The summed E-state index contributed by atoms with van der Waals surface area (Å²) in [7, 11) is 0. The molecule has 0 saturated carbocycles. The predicted octanol–water partition coefficient (Wildman–Crippen LogP) is 3.53. The van der Waals surface area contributed by atoms with E-state index >= 15 is 0 Å². The third-order valence-corrected chi connectivity index (χ3v) is 4.74. The Kier molecular flexibility index (Phi) is 5.22. The van der Waals surface area contributed by atoms with E-state index in [1.54, 1.807) is 6.26 Å². The van der Waals surface area contributed by atoms with Gasteiger partial charge in [-0.15, -0.1) is 0 Å². The number of piperidine rings is 1. The van der Waals surface area contributed by atoms with Crippen LogP contribution in [-0.4, -0.2) is 23.3 Å². The third kappa shape index (κ3) is 4.10. The van der Waals surface area contributed by atoms with Crippen molar-refractivity contribution in [2.75, 3.05) is 6.54 Å². The van der Waals surface area contributed by atoms with Crippen LogP contribution in [0.3, 0.4) is 0 Å². The standard InChI is InChI=1S/C20H24N2O3/c1-14-9-10-22(18(12-14)19-4-3-11-25-19)20(24)17-7-5-16(6-8-17)13-21-15(2)23/h3-8,11,14,18H,9-10,12-13H2,1-2H3,(H,21,23)/t14-,18-/m0/s1. The molecule has 0 spiro atoms. The zero-order chi connectivity index (χ0) is 17.8. The minimum Gasteiger partial charge on any atom is -0.467 e. The molecule has 0 aliphatic carbocycles. The number of nitrogens with one attached hydrogen (secondary N) is 1. The Morgan fingerprint density at radius 3 is 2.64 bits per heavy atom. The van der Waals surface area contributed by atoms with Gasteiger partial charge in [0.1, 0.15) is 5.76 Å². The summed E-state index contributed by atoms with van der Waals surface area (Å²) in [6, 6.07) is 11.2. The number of nitrogens with zero attached hydrogens (tertiary/aromatic N) is 1. The van der Waals surface area contributed by atoms with Gasteiger partial charge in [-0.2, -0.15) is 0 Å². The van der Waals surface area contributed by atoms with Gasteiger partial charge in [-0.3, -0.25) is 9.59 Å². The fourth-order valence-electron chi connectivity index (χ4n) is 3.29. The molecule has 0 bridgehead atoms. The van der Waals surface area contributed by atoms with E-state index in [1.807, 2.05) is 41.3 Å². The Labute approximate surface area is 148 Å². The van der Waals surface area contributed by atoms with Gasteiger partial charge in [-0.25, -0.2) is 0 Å². The summed E-state index contributed by atoms with van der Waals surface area (Å²) in [4.78, 5) is 25.9. The van der Waals surface area contributed by atoms with Gasteiger partial charge < -0.3 is 14.6 Å². The fraction of sp³-hybridized carbons (Fsp3) is 0.400. The lowest BCUT2D eigenvalue weighted by molar-refractivity contribution is -0.119. The van der Waals surface area contributed by atoms with Gasteiger partial charge in [0.15, 0.2) is 0 Å². The number of furan rings is 1. The molecule has 2 amide bonds. The first kappa shape index (κ1) is 17.3. The topological polar surface area (TPSA) is 62.6 Å². The van der Waals surface area contributed by atoms with Crippen LogP contribution in [0.4, 0.5) is 0 Å². The molecule has 2 heterocycles. The SMILES string of the molecule is CC(=O)NCc1ccc(C(=O)N2CC[C@H](C)C[C@H]2c2ccco2)cc1. The zero-order valence-electron chi connectivity index (χ0n) is 14.7. The van der Waals surface area contributed by atoms with Crippen molar-refractivity contribution in [3.8, 4) is 0 Å². The molecule has 1 N–H and O–H groups in total. The van der Waals surface area contributed by atoms with E-state index < -0.39 is 0 Å². The first-order chi connectivity index (χ1) is 12.0. The van der Waals surface area contributed by atoms with Gasteiger partial charge in [0, 0.05) is 25.6 Å². The fourth-order valence-corrected chi connectivity index (χ4v) is 3.29. The highest BCUT2D eigenvalue weighted by Crippen LogP contribution is 2.35. The summed E-state index contributed by atoms with van der Waals surface area (Å²) in [5, 5.41) is 2.76. The number of rotatable bonds is 4. The first-order valence-corrected chi connectivity index (χ1v) is 8.72. The second kappa shape index (κ2) is 7.55. The Morgan fingerprint density at radius 1 is 1.24 bits per heavy atom. The molecule has 1 fully saturated rings. The first-order valence-electron chi connectivity index (χ1n) is 8.72. The molecular formula is C20H24N2O3. The zero-order valence-corrected chi connectivity index (χ0v) is 14.7. The number of hydrogen-bond acceptors (Lipinski definition) is 3. The maximum absolute atomic E-state index is 13.0. The summed E-state index contributed by atoms with van der Waals surface area (Å²) >= 11 is 0. The molecule has 3 rings (SSSR count). The summed E-state index contributed by atoms with van der Waals surface area (Å²) in [6.45, 7) is 4.91. The number of carbonyl (C=O) groups is 2. The van der Waals surface area contributed by atoms with Crippen molar-refractivity contribution in [2.45, 2.75) is 39.3 Å². The van der Waals surface area contributed by atoms with Crippen LogP contribution in [0.1, 0.15) is 54.4 Å². The van der Waals surface area contributed by atoms with Gasteiger partial charge in [0.05, 0.1) is 12.3 Å². The molecule has 5 nitrogen and oxygen atoms in total. The number of hydrogen-bond donors (Lipinski definition) is 1. The van der Waals surface area contributed by atoms with Crippen LogP contribution < -0.4 is 5.32 Å². The molecule has 1 saturated heterocycles. The van der Waals surface area contributed by atoms with E-state index in [-0.39, 0.29) is 17.9 Å². The van der Waals surface area contributed by atoms with Crippen LogP contribution in [0.15, 0.2) is 47.1 Å². The van der Waals surface area contributed by atoms with Crippen molar-refractivity contribution in [3.05, 3.63) is 59.5 Å². The number of benzene rings is 1. The van der Waals surface area contributed by atoms with Crippen molar-refractivity contribution in [2.24, 2.45) is 5.92 Å². The van der Waals surface area contributed by atoms with E-state index in [0.29, 0.717) is 18.0 Å². The monoisotopic (exact) mass is 340 g/mol. The maximum Gasteiger partial charge on any atom is 0.254 e. The van der Waals surface area contributed by atoms with Gasteiger partial charge in [0.2, 0.25) is 5.91 Å². The summed E-state index contributed by atoms with van der Waals surface area (Å²) in [6.07, 6.45) is 3.58. The van der Waals surface area contributed by atoms with Crippen LogP contribution in [0.5, 0.6) is 0 Å². The van der Waals surface area contributed by atoms with E-state index in [1.165, 1.54) is 6.92 Å². The predicted molar refractivity (Wildman–Crippen MR) is 94.8 cm³/mol. The van der Waals surface area contributed by atoms with Crippen molar-refractivity contribution < 1.29 is 14.0 Å². The largest absolute Gasteiger partial charge is 0.467 e. The van der Waals surface area contributed by atoms with Crippen LogP contribution in [-0.2, 0) is 11.3 Å². The highest BCUT2D eigenvalue weighted by Gasteiger charge is 2.33. The van der Waals surface area contributed by atoms with Gasteiger partial charge in [0.25, 0.3) is 5.91 Å². The van der Waals surface area contributed by atoms with Crippen LogP contribution >= 0.6 is 0 Å². The van der Waals surface area contributed by atoms with Gasteiger partial charge >= 0.3 is 0 Å². The molecule has 1 aromatic heterocycles. The van der Waals surface area contributed by atoms with Crippen LogP contribution in [0, 0.1) is 5.92 Å².